The number of rotatable bonds is 7. The lowest BCUT2D eigenvalue weighted by Crippen LogP contribution is -2.41. The van der Waals surface area contributed by atoms with Gasteiger partial charge in [-0.1, -0.05) is 36.4 Å². The van der Waals surface area contributed by atoms with Crippen LogP contribution in [0.2, 0.25) is 0 Å². The number of aromatic nitrogens is 1. The second-order valence-electron chi connectivity index (χ2n) is 7.68. The largest absolute Gasteiger partial charge is 0.473 e. The quantitative estimate of drug-likeness (QED) is 0.309. The number of hydrogen-bond acceptors (Lipinski definition) is 9. The number of benzene rings is 1. The van der Waals surface area contributed by atoms with Gasteiger partial charge in [-0.25, -0.2) is 14.6 Å². The minimum Gasteiger partial charge on any atom is -0.473 e. The Hall–Kier alpha value is -3.27. The zero-order valence-corrected chi connectivity index (χ0v) is 20.9. The average molecular weight is 528 g/mol. The Morgan fingerprint density at radius 1 is 1.14 bits per heavy atom. The second-order valence-corrected chi connectivity index (χ2v) is 9.63. The molecule has 4 rings (SSSR count). The number of nitrogens with zero attached hydrogens (tertiary/aromatic N) is 3. The summed E-state index contributed by atoms with van der Waals surface area (Å²) in [6.45, 7) is 3.71. The number of thioether (sulfide) groups is 1. The molecule has 3 heterocycles. The molecule has 1 fully saturated rings. The molecular formula is C25H25N3O6S2. The SMILES string of the molecule is N#Cc1c(-c2ccccc2)cc(-c2cccs2)nc1SCC(O)CN1CCOCC1.O=C(O)C(=O)O. The van der Waals surface area contributed by atoms with Gasteiger partial charge in [0, 0.05) is 31.0 Å². The lowest BCUT2D eigenvalue weighted by molar-refractivity contribution is -0.159. The van der Waals surface area contributed by atoms with Gasteiger partial charge in [0.1, 0.15) is 11.1 Å². The van der Waals surface area contributed by atoms with Gasteiger partial charge in [-0.15, -0.1) is 23.1 Å². The highest BCUT2D eigenvalue weighted by atomic mass is 32.2. The summed E-state index contributed by atoms with van der Waals surface area (Å²) in [5.41, 5.74) is 3.28. The third-order valence-corrected chi connectivity index (χ3v) is 7.14. The molecule has 0 aliphatic carbocycles. The van der Waals surface area contributed by atoms with E-state index in [1.165, 1.54) is 11.8 Å². The van der Waals surface area contributed by atoms with E-state index in [1.54, 1.807) is 11.3 Å². The Labute approximate surface area is 216 Å². The van der Waals surface area contributed by atoms with Crippen molar-refractivity contribution in [3.05, 3.63) is 59.5 Å². The zero-order valence-electron chi connectivity index (χ0n) is 19.2. The Bertz CT molecular complexity index is 1180. The molecule has 3 aromatic rings. The van der Waals surface area contributed by atoms with Crippen molar-refractivity contribution in [3.63, 3.8) is 0 Å². The van der Waals surface area contributed by atoms with E-state index in [0.29, 0.717) is 36.1 Å². The number of aliphatic carboxylic acids is 2. The summed E-state index contributed by atoms with van der Waals surface area (Å²) >= 11 is 3.08. The number of aliphatic hydroxyl groups excluding tert-OH is 1. The zero-order chi connectivity index (χ0) is 25.9. The van der Waals surface area contributed by atoms with Crippen molar-refractivity contribution >= 4 is 35.0 Å². The second kappa shape index (κ2) is 13.7. The number of ether oxygens (including phenoxy) is 1. The first-order chi connectivity index (χ1) is 17.4. The average Bonchev–Trinajstić information content (AvgIpc) is 3.43. The van der Waals surface area contributed by atoms with Gasteiger partial charge >= 0.3 is 11.9 Å². The lowest BCUT2D eigenvalue weighted by Gasteiger charge is -2.28. The molecule has 0 spiro atoms. The van der Waals surface area contributed by atoms with E-state index in [1.807, 2.05) is 53.9 Å². The highest BCUT2D eigenvalue weighted by Gasteiger charge is 2.19. The number of hydrogen-bond donors (Lipinski definition) is 3. The molecule has 2 aromatic heterocycles. The molecular weight excluding hydrogens is 502 g/mol. The van der Waals surface area contributed by atoms with Crippen molar-refractivity contribution in [2.24, 2.45) is 0 Å². The molecule has 1 aliphatic rings. The molecule has 0 saturated carbocycles. The fourth-order valence-electron chi connectivity index (χ4n) is 3.44. The number of nitriles is 1. The summed E-state index contributed by atoms with van der Waals surface area (Å²) < 4.78 is 5.37. The molecule has 36 heavy (non-hydrogen) atoms. The maximum absolute atomic E-state index is 10.6. The number of thiophene rings is 1. The van der Waals surface area contributed by atoms with E-state index >= 15 is 0 Å². The van der Waals surface area contributed by atoms with Crippen LogP contribution in [0.4, 0.5) is 0 Å². The Morgan fingerprint density at radius 2 is 1.83 bits per heavy atom. The molecule has 1 unspecified atom stereocenters. The van der Waals surface area contributed by atoms with Crippen LogP contribution >= 0.6 is 23.1 Å². The molecule has 1 aromatic carbocycles. The summed E-state index contributed by atoms with van der Waals surface area (Å²) in [5, 5.41) is 38.0. The van der Waals surface area contributed by atoms with Crippen molar-refractivity contribution in [2.75, 3.05) is 38.6 Å². The molecule has 188 valence electrons. The van der Waals surface area contributed by atoms with Crippen LogP contribution in [0.5, 0.6) is 0 Å². The predicted molar refractivity (Wildman–Crippen MR) is 137 cm³/mol. The van der Waals surface area contributed by atoms with E-state index < -0.39 is 18.0 Å². The van der Waals surface area contributed by atoms with Crippen LogP contribution in [-0.4, -0.2) is 81.8 Å². The summed E-state index contributed by atoms with van der Waals surface area (Å²) in [6.07, 6.45) is -0.494. The Kier molecular flexibility index (Phi) is 10.4. The van der Waals surface area contributed by atoms with E-state index in [9.17, 15) is 10.4 Å². The van der Waals surface area contributed by atoms with E-state index in [0.717, 1.165) is 34.8 Å². The van der Waals surface area contributed by atoms with Crippen molar-refractivity contribution in [3.8, 4) is 27.8 Å². The minimum absolute atomic E-state index is 0.487. The van der Waals surface area contributed by atoms with Gasteiger partial charge in [0.2, 0.25) is 0 Å². The van der Waals surface area contributed by atoms with Gasteiger partial charge in [0.05, 0.1) is 35.5 Å². The first kappa shape index (κ1) is 27.3. The summed E-state index contributed by atoms with van der Waals surface area (Å²) in [5.74, 6) is -3.16. The number of carboxylic acid groups (broad SMARTS) is 2. The first-order valence-corrected chi connectivity index (χ1v) is 12.9. The number of pyridine rings is 1. The number of aliphatic hydroxyl groups is 1. The van der Waals surface area contributed by atoms with Crippen LogP contribution in [-0.2, 0) is 14.3 Å². The highest BCUT2D eigenvalue weighted by molar-refractivity contribution is 7.99. The monoisotopic (exact) mass is 527 g/mol. The van der Waals surface area contributed by atoms with Crippen molar-refractivity contribution in [2.45, 2.75) is 11.1 Å². The van der Waals surface area contributed by atoms with Crippen LogP contribution in [0, 0.1) is 11.3 Å². The van der Waals surface area contributed by atoms with Crippen LogP contribution < -0.4 is 0 Å². The molecule has 0 radical (unpaired) electrons. The maximum atomic E-state index is 10.6. The van der Waals surface area contributed by atoms with Gasteiger partial charge in [-0.2, -0.15) is 5.26 Å². The molecule has 1 atom stereocenters. The predicted octanol–water partition coefficient (Wildman–Crippen LogP) is 3.29. The maximum Gasteiger partial charge on any atom is 0.414 e. The molecule has 0 amide bonds. The van der Waals surface area contributed by atoms with Crippen LogP contribution in [0.3, 0.4) is 0 Å². The van der Waals surface area contributed by atoms with E-state index in [-0.39, 0.29) is 0 Å². The molecule has 0 bridgehead atoms. The number of β-amino-alcohol motifs (C(OH)–C–C–N with tert-alkyl or cyclic N) is 1. The topological polar surface area (TPSA) is 144 Å². The summed E-state index contributed by atoms with van der Waals surface area (Å²) in [6, 6.07) is 18.3. The van der Waals surface area contributed by atoms with E-state index in [2.05, 4.69) is 11.0 Å². The molecule has 1 aliphatic heterocycles. The first-order valence-electron chi connectivity index (χ1n) is 11.0. The molecule has 11 heteroatoms. The van der Waals surface area contributed by atoms with Gasteiger partial charge in [0.25, 0.3) is 0 Å². The van der Waals surface area contributed by atoms with Crippen molar-refractivity contribution in [1.29, 1.82) is 5.26 Å². The lowest BCUT2D eigenvalue weighted by atomic mass is 10.0. The Balaban J connectivity index is 0.000000538. The summed E-state index contributed by atoms with van der Waals surface area (Å²) in [7, 11) is 0. The van der Waals surface area contributed by atoms with E-state index in [4.69, 9.17) is 29.5 Å². The number of carboxylic acids is 2. The fourth-order valence-corrected chi connectivity index (χ4v) is 5.04. The van der Waals surface area contributed by atoms with Crippen LogP contribution in [0.25, 0.3) is 21.7 Å². The minimum atomic E-state index is -1.82. The van der Waals surface area contributed by atoms with Gasteiger partial charge in [0.15, 0.2) is 0 Å². The smallest absolute Gasteiger partial charge is 0.414 e. The van der Waals surface area contributed by atoms with Crippen molar-refractivity contribution in [1.82, 2.24) is 9.88 Å². The third-order valence-electron chi connectivity index (χ3n) is 5.12. The Morgan fingerprint density at radius 3 is 2.42 bits per heavy atom. The molecule has 1 saturated heterocycles. The normalized spacial score (nSPS) is 14.2. The van der Waals surface area contributed by atoms with Gasteiger partial charge in [-0.3, -0.25) is 4.90 Å². The fraction of sp³-hybridized carbons (Fsp3) is 0.280. The standard InChI is InChI=1S/C23H23N3O2S2.C2H2O4/c24-14-20-19(17-5-2-1-3-6-17)13-21(22-7-4-12-29-22)25-23(20)30-16-18(27)15-26-8-10-28-11-9-26;3-1(4)2(5)6/h1-7,12-13,18,27H,8-11,15-16H2;(H,3,4)(H,5,6). The summed E-state index contributed by atoms with van der Waals surface area (Å²) in [4.78, 5) is 26.3. The molecule has 3 N–H and O–H groups in total. The van der Waals surface area contributed by atoms with Gasteiger partial charge < -0.3 is 20.1 Å². The number of morpholine rings is 1. The molecule has 9 nitrogen and oxygen atoms in total. The van der Waals surface area contributed by atoms with Crippen LogP contribution in [0.15, 0.2) is 58.9 Å². The third kappa shape index (κ3) is 7.87. The van der Waals surface area contributed by atoms with Crippen molar-refractivity contribution < 1.29 is 29.6 Å². The van der Waals surface area contributed by atoms with Gasteiger partial charge in [-0.05, 0) is 23.1 Å². The van der Waals surface area contributed by atoms with Crippen LogP contribution in [0.1, 0.15) is 5.56 Å². The highest BCUT2D eigenvalue weighted by Crippen LogP contribution is 2.35. The number of carbonyl (C=O) groups is 2.